The summed E-state index contributed by atoms with van der Waals surface area (Å²) >= 11 is 7.35. The van der Waals surface area contributed by atoms with Crippen molar-refractivity contribution in [3.63, 3.8) is 0 Å². The molecule has 1 saturated heterocycles. The van der Waals surface area contributed by atoms with E-state index in [9.17, 15) is 14.4 Å². The van der Waals surface area contributed by atoms with Gasteiger partial charge >= 0.3 is 0 Å². The van der Waals surface area contributed by atoms with E-state index in [1.807, 2.05) is 24.3 Å². The Morgan fingerprint density at radius 2 is 1.75 bits per heavy atom. The highest BCUT2D eigenvalue weighted by Crippen LogP contribution is 2.31. The average molecular weight is 417 g/mol. The first-order valence-corrected chi connectivity index (χ1v) is 10.4. The van der Waals surface area contributed by atoms with Crippen molar-refractivity contribution in [1.82, 2.24) is 4.90 Å². The lowest BCUT2D eigenvalue weighted by Crippen LogP contribution is -2.41. The fourth-order valence-electron chi connectivity index (χ4n) is 3.05. The molecule has 0 bridgehead atoms. The lowest BCUT2D eigenvalue weighted by atomic mass is 10.2. The first kappa shape index (κ1) is 20.4. The Balaban J connectivity index is 1.72. The van der Waals surface area contributed by atoms with Crippen LogP contribution in [0.2, 0.25) is 5.02 Å². The Kier molecular flexibility index (Phi) is 6.75. The highest BCUT2D eigenvalue weighted by atomic mass is 35.5. The smallest absolute Gasteiger partial charge is 0.260 e. The van der Waals surface area contributed by atoms with Gasteiger partial charge in [0.1, 0.15) is 0 Å². The molecule has 3 rings (SSSR count). The van der Waals surface area contributed by atoms with Crippen LogP contribution >= 0.6 is 23.4 Å². The maximum Gasteiger partial charge on any atom is 0.260 e. The number of carbonyl (C=O) groups is 3. The number of amides is 3. The third kappa shape index (κ3) is 5.14. The van der Waals surface area contributed by atoms with Crippen molar-refractivity contribution in [2.24, 2.45) is 0 Å². The Labute approximate surface area is 173 Å². The second kappa shape index (κ2) is 9.26. The molecule has 1 aliphatic rings. The van der Waals surface area contributed by atoms with Crippen molar-refractivity contribution < 1.29 is 14.4 Å². The maximum absolute atomic E-state index is 13.0. The molecule has 1 heterocycles. The molecular formula is C21H21ClN2O3S. The third-order valence-electron chi connectivity index (χ3n) is 4.43. The second-order valence-electron chi connectivity index (χ2n) is 6.61. The molecule has 1 fully saturated rings. The van der Waals surface area contributed by atoms with E-state index in [0.717, 1.165) is 24.2 Å². The predicted molar refractivity (Wildman–Crippen MR) is 112 cm³/mol. The van der Waals surface area contributed by atoms with E-state index < -0.39 is 0 Å². The number of imide groups is 1. The number of benzene rings is 2. The van der Waals surface area contributed by atoms with Crippen LogP contribution in [0.5, 0.6) is 0 Å². The van der Waals surface area contributed by atoms with Gasteiger partial charge in [-0.2, -0.15) is 0 Å². The quantitative estimate of drug-likeness (QED) is 0.739. The van der Waals surface area contributed by atoms with Gasteiger partial charge in [0.15, 0.2) is 0 Å². The molecule has 5 nitrogen and oxygen atoms in total. The number of hydrogen-bond donors (Lipinski definition) is 1. The van der Waals surface area contributed by atoms with Gasteiger partial charge < -0.3 is 5.32 Å². The minimum atomic E-state index is -0.314. The minimum absolute atomic E-state index is 0.129. The summed E-state index contributed by atoms with van der Waals surface area (Å²) in [4.78, 5) is 39.3. The first-order chi connectivity index (χ1) is 13.4. The number of carbonyl (C=O) groups excluding carboxylic acids is 3. The molecule has 146 valence electrons. The molecule has 0 radical (unpaired) electrons. The van der Waals surface area contributed by atoms with E-state index in [-0.39, 0.29) is 23.0 Å². The Morgan fingerprint density at radius 1 is 1.07 bits per heavy atom. The van der Waals surface area contributed by atoms with Gasteiger partial charge in [0, 0.05) is 34.6 Å². The van der Waals surface area contributed by atoms with Gasteiger partial charge in [0.25, 0.3) is 5.91 Å². The Hall–Kier alpha value is -2.31. The third-order valence-corrected chi connectivity index (χ3v) is 5.95. The molecule has 0 aromatic heterocycles. The van der Waals surface area contributed by atoms with Crippen molar-refractivity contribution in [3.8, 4) is 0 Å². The standard InChI is InChI=1S/C21H21ClN2O3S/c1-14(25)23-17-9-11-18(12-10-17)28-19-4-2-3-13-24(21(19)27)20(26)15-5-7-16(22)8-6-15/h5-12,19H,2-4,13H2,1H3,(H,23,25)/t19-/m1/s1. The zero-order valence-corrected chi connectivity index (χ0v) is 17.1. The van der Waals surface area contributed by atoms with E-state index in [2.05, 4.69) is 5.32 Å². The van der Waals surface area contributed by atoms with Crippen LogP contribution in [-0.2, 0) is 9.59 Å². The number of nitrogens with one attached hydrogen (secondary N) is 1. The summed E-state index contributed by atoms with van der Waals surface area (Å²) in [5.74, 6) is -0.570. The lowest BCUT2D eigenvalue weighted by Gasteiger charge is -2.22. The molecule has 28 heavy (non-hydrogen) atoms. The number of rotatable bonds is 4. The number of anilines is 1. The Bertz CT molecular complexity index is 868. The number of hydrogen-bond acceptors (Lipinski definition) is 4. The van der Waals surface area contributed by atoms with Crippen LogP contribution < -0.4 is 5.32 Å². The molecule has 0 aliphatic carbocycles. The van der Waals surface area contributed by atoms with Crippen LogP contribution in [0.15, 0.2) is 53.4 Å². The summed E-state index contributed by atoms with van der Waals surface area (Å²) in [6, 6.07) is 14.0. The lowest BCUT2D eigenvalue weighted by molar-refractivity contribution is -0.127. The maximum atomic E-state index is 13.0. The van der Waals surface area contributed by atoms with Crippen molar-refractivity contribution >= 4 is 46.8 Å². The van der Waals surface area contributed by atoms with Crippen LogP contribution in [-0.4, -0.2) is 34.4 Å². The monoisotopic (exact) mass is 416 g/mol. The molecule has 3 amide bonds. The summed E-state index contributed by atoms with van der Waals surface area (Å²) < 4.78 is 0. The highest BCUT2D eigenvalue weighted by molar-refractivity contribution is 8.00. The van der Waals surface area contributed by atoms with Crippen LogP contribution in [0.1, 0.15) is 36.5 Å². The topological polar surface area (TPSA) is 66.5 Å². The van der Waals surface area contributed by atoms with Crippen molar-refractivity contribution in [2.75, 3.05) is 11.9 Å². The molecule has 0 saturated carbocycles. The zero-order chi connectivity index (χ0) is 20.1. The normalized spacial score (nSPS) is 17.1. The number of thioether (sulfide) groups is 1. The Morgan fingerprint density at radius 3 is 2.39 bits per heavy atom. The molecule has 7 heteroatoms. The zero-order valence-electron chi connectivity index (χ0n) is 15.5. The van der Waals surface area contributed by atoms with E-state index in [0.29, 0.717) is 22.8 Å². The summed E-state index contributed by atoms with van der Waals surface area (Å²) in [7, 11) is 0. The van der Waals surface area contributed by atoms with Crippen molar-refractivity contribution in [2.45, 2.75) is 36.3 Å². The molecular weight excluding hydrogens is 396 g/mol. The number of nitrogens with zero attached hydrogens (tertiary/aromatic N) is 1. The fourth-order valence-corrected chi connectivity index (χ4v) is 4.31. The predicted octanol–water partition coefficient (Wildman–Crippen LogP) is 4.61. The van der Waals surface area contributed by atoms with E-state index in [1.54, 1.807) is 24.3 Å². The van der Waals surface area contributed by atoms with E-state index in [1.165, 1.54) is 23.6 Å². The molecule has 1 N–H and O–H groups in total. The fraction of sp³-hybridized carbons (Fsp3) is 0.286. The summed E-state index contributed by atoms with van der Waals surface area (Å²) in [5.41, 5.74) is 1.17. The van der Waals surface area contributed by atoms with Gasteiger partial charge in [-0.1, -0.05) is 18.0 Å². The second-order valence-corrected chi connectivity index (χ2v) is 8.32. The minimum Gasteiger partial charge on any atom is -0.326 e. The van der Waals surface area contributed by atoms with E-state index >= 15 is 0 Å². The van der Waals surface area contributed by atoms with Crippen LogP contribution in [0.3, 0.4) is 0 Å². The van der Waals surface area contributed by atoms with Crippen LogP contribution in [0, 0.1) is 0 Å². The summed E-state index contributed by atoms with van der Waals surface area (Å²) in [6.45, 7) is 1.89. The van der Waals surface area contributed by atoms with Gasteiger partial charge in [-0.05, 0) is 61.4 Å². The van der Waals surface area contributed by atoms with Crippen molar-refractivity contribution in [3.05, 3.63) is 59.1 Å². The summed E-state index contributed by atoms with van der Waals surface area (Å²) in [5, 5.41) is 2.96. The van der Waals surface area contributed by atoms with Gasteiger partial charge in [0.05, 0.1) is 5.25 Å². The van der Waals surface area contributed by atoms with Crippen LogP contribution in [0.25, 0.3) is 0 Å². The molecule has 1 atom stereocenters. The summed E-state index contributed by atoms with van der Waals surface area (Å²) in [6.07, 6.45) is 2.41. The molecule has 2 aromatic carbocycles. The molecule has 0 unspecified atom stereocenters. The largest absolute Gasteiger partial charge is 0.326 e. The molecule has 1 aliphatic heterocycles. The molecule has 0 spiro atoms. The van der Waals surface area contributed by atoms with Gasteiger partial charge in [-0.15, -0.1) is 11.8 Å². The van der Waals surface area contributed by atoms with E-state index in [4.69, 9.17) is 11.6 Å². The molecule has 2 aromatic rings. The SMILES string of the molecule is CC(=O)Nc1ccc(S[C@@H]2CCCCN(C(=O)c3ccc(Cl)cc3)C2=O)cc1. The van der Waals surface area contributed by atoms with Gasteiger partial charge in [-0.3, -0.25) is 19.3 Å². The number of halogens is 1. The number of likely N-dealkylation sites (tertiary alicyclic amines) is 1. The van der Waals surface area contributed by atoms with Gasteiger partial charge in [-0.25, -0.2) is 0 Å². The first-order valence-electron chi connectivity index (χ1n) is 9.09. The van der Waals surface area contributed by atoms with Crippen LogP contribution in [0.4, 0.5) is 5.69 Å². The van der Waals surface area contributed by atoms with Gasteiger partial charge in [0.2, 0.25) is 11.8 Å². The average Bonchev–Trinajstić information content (AvgIpc) is 2.85. The van der Waals surface area contributed by atoms with Crippen molar-refractivity contribution in [1.29, 1.82) is 0 Å². The highest BCUT2D eigenvalue weighted by Gasteiger charge is 2.32.